The topological polar surface area (TPSA) is 72.8 Å². The highest BCUT2D eigenvalue weighted by Gasteiger charge is 2.09. The van der Waals surface area contributed by atoms with Crippen LogP contribution < -0.4 is 10.2 Å². The van der Waals surface area contributed by atoms with Gasteiger partial charge in [-0.05, 0) is 25.1 Å². The maximum atomic E-state index is 13.6. The van der Waals surface area contributed by atoms with E-state index in [0.717, 1.165) is 24.4 Å². The first-order valence-corrected chi connectivity index (χ1v) is 7.99. The molecule has 0 radical (unpaired) electrons. The summed E-state index contributed by atoms with van der Waals surface area (Å²) in [5.74, 6) is -1.21. The van der Waals surface area contributed by atoms with Crippen molar-refractivity contribution in [2.24, 2.45) is 5.10 Å². The number of carbonyl (C=O) groups excluding carboxylic acids is 1. The van der Waals surface area contributed by atoms with Crippen molar-refractivity contribution >= 4 is 28.7 Å². The first-order chi connectivity index (χ1) is 12.0. The Morgan fingerprint density at radius 2 is 2.28 bits per heavy atom. The summed E-state index contributed by atoms with van der Waals surface area (Å²) in [5, 5.41) is 5.84. The molecule has 2 aromatic rings. The largest absolute Gasteiger partial charge is 0.466 e. The van der Waals surface area contributed by atoms with E-state index in [1.807, 2.05) is 0 Å². The van der Waals surface area contributed by atoms with E-state index in [9.17, 15) is 18.0 Å². The molecule has 0 aliphatic carbocycles. The molecular weight excluding hydrogens is 359 g/mol. The van der Waals surface area contributed by atoms with Crippen LogP contribution in [0.25, 0.3) is 0 Å². The maximum absolute atomic E-state index is 13.6. The molecule has 1 aromatic carbocycles. The lowest BCUT2D eigenvalue weighted by Crippen LogP contribution is -2.07. The van der Waals surface area contributed by atoms with Gasteiger partial charge >= 0.3 is 12.6 Å². The molecule has 10 heteroatoms. The predicted octanol–water partition coefficient (Wildman–Crippen LogP) is 3.44. The number of halogens is 3. The van der Waals surface area contributed by atoms with Crippen molar-refractivity contribution in [2.75, 3.05) is 12.0 Å². The molecule has 25 heavy (non-hydrogen) atoms. The van der Waals surface area contributed by atoms with Crippen LogP contribution in [0.1, 0.15) is 18.2 Å². The molecule has 1 aromatic heterocycles. The molecule has 0 bridgehead atoms. The number of aromatic nitrogens is 1. The molecule has 1 heterocycles. The van der Waals surface area contributed by atoms with Gasteiger partial charge in [0.15, 0.2) is 0 Å². The third kappa shape index (κ3) is 6.07. The van der Waals surface area contributed by atoms with Crippen molar-refractivity contribution in [3.63, 3.8) is 0 Å². The van der Waals surface area contributed by atoms with Crippen LogP contribution in [0.5, 0.6) is 5.75 Å². The summed E-state index contributed by atoms with van der Waals surface area (Å²) in [6.45, 7) is -0.999. The molecule has 1 N–H and O–H groups in total. The third-order valence-electron chi connectivity index (χ3n) is 2.74. The van der Waals surface area contributed by atoms with E-state index in [4.69, 9.17) is 4.74 Å². The quantitative estimate of drug-likeness (QED) is 0.436. The molecular formula is C15H14F3N3O3S. The smallest absolute Gasteiger partial charge is 0.387 e. The van der Waals surface area contributed by atoms with Crippen molar-refractivity contribution in [3.8, 4) is 5.75 Å². The third-order valence-corrected chi connectivity index (χ3v) is 3.53. The van der Waals surface area contributed by atoms with E-state index >= 15 is 0 Å². The molecule has 0 atom stereocenters. The lowest BCUT2D eigenvalue weighted by molar-refractivity contribution is -0.142. The number of alkyl halides is 2. The van der Waals surface area contributed by atoms with E-state index in [1.54, 1.807) is 12.3 Å². The van der Waals surface area contributed by atoms with Gasteiger partial charge in [0.05, 0.1) is 24.9 Å². The highest BCUT2D eigenvalue weighted by molar-refractivity contribution is 7.13. The molecule has 0 fully saturated rings. The van der Waals surface area contributed by atoms with Gasteiger partial charge in [0.1, 0.15) is 11.6 Å². The summed E-state index contributed by atoms with van der Waals surface area (Å²) in [7, 11) is 0. The minimum absolute atomic E-state index is 0.0334. The van der Waals surface area contributed by atoms with Gasteiger partial charge in [-0.25, -0.2) is 9.37 Å². The molecule has 0 spiro atoms. The van der Waals surface area contributed by atoms with Crippen molar-refractivity contribution in [1.82, 2.24) is 4.98 Å². The number of hydrogen-bond acceptors (Lipinski definition) is 7. The zero-order valence-electron chi connectivity index (χ0n) is 13.0. The average Bonchev–Trinajstić information content (AvgIpc) is 2.97. The standard InChI is InChI=1S/C15H14F3N3O3S/c1-2-23-13(22)6-10-8-25-15(20-10)21-19-7-9-5-11(24-14(17)18)3-4-12(9)16/h3-5,7-8,14H,2,6H2,1H3,(H,20,21). The van der Waals surface area contributed by atoms with Gasteiger partial charge in [-0.2, -0.15) is 13.9 Å². The highest BCUT2D eigenvalue weighted by Crippen LogP contribution is 2.19. The number of nitrogens with zero attached hydrogens (tertiary/aromatic N) is 2. The first-order valence-electron chi connectivity index (χ1n) is 7.11. The lowest BCUT2D eigenvalue weighted by Gasteiger charge is -2.05. The normalized spacial score (nSPS) is 11.1. The fourth-order valence-electron chi connectivity index (χ4n) is 1.75. The van der Waals surface area contributed by atoms with Gasteiger partial charge in [-0.15, -0.1) is 11.3 Å². The summed E-state index contributed by atoms with van der Waals surface area (Å²) in [6.07, 6.45) is 1.15. The lowest BCUT2D eigenvalue weighted by atomic mass is 10.2. The number of hydrazone groups is 1. The summed E-state index contributed by atoms with van der Waals surface area (Å²) < 4.78 is 47.0. The van der Waals surface area contributed by atoms with Crippen molar-refractivity contribution in [2.45, 2.75) is 20.0 Å². The number of carbonyl (C=O) groups is 1. The number of benzene rings is 1. The van der Waals surface area contributed by atoms with Gasteiger partial charge in [-0.1, -0.05) is 0 Å². The van der Waals surface area contributed by atoms with Gasteiger partial charge in [-0.3, -0.25) is 10.2 Å². The molecule has 0 amide bonds. The fraction of sp³-hybridized carbons (Fsp3) is 0.267. The molecule has 0 saturated heterocycles. The summed E-state index contributed by atoms with van der Waals surface area (Å²) >= 11 is 1.20. The Morgan fingerprint density at radius 3 is 3.00 bits per heavy atom. The van der Waals surface area contributed by atoms with E-state index in [1.165, 1.54) is 11.3 Å². The number of anilines is 1. The molecule has 6 nitrogen and oxygen atoms in total. The number of nitrogens with one attached hydrogen (secondary N) is 1. The summed E-state index contributed by atoms with van der Waals surface area (Å²) in [5.41, 5.74) is 3.06. The minimum Gasteiger partial charge on any atom is -0.466 e. The molecule has 0 unspecified atom stereocenters. The molecule has 0 saturated carbocycles. The van der Waals surface area contributed by atoms with Crippen LogP contribution in [-0.4, -0.2) is 30.4 Å². The van der Waals surface area contributed by atoms with Gasteiger partial charge in [0, 0.05) is 10.9 Å². The average molecular weight is 373 g/mol. The Balaban J connectivity index is 1.97. The minimum atomic E-state index is -3.00. The Labute approximate surface area is 145 Å². The number of esters is 1. The number of thiazole rings is 1. The van der Waals surface area contributed by atoms with E-state index in [-0.39, 0.29) is 30.3 Å². The van der Waals surface area contributed by atoms with Crippen LogP contribution in [0.2, 0.25) is 0 Å². The van der Waals surface area contributed by atoms with Gasteiger partial charge < -0.3 is 9.47 Å². The van der Waals surface area contributed by atoms with Crippen LogP contribution in [0.15, 0.2) is 28.7 Å². The van der Waals surface area contributed by atoms with Crippen LogP contribution in [0, 0.1) is 5.82 Å². The Kier molecular flexibility index (Phi) is 6.75. The molecule has 2 rings (SSSR count). The van der Waals surface area contributed by atoms with Crippen LogP contribution in [-0.2, 0) is 16.0 Å². The van der Waals surface area contributed by atoms with E-state index in [0.29, 0.717) is 10.8 Å². The number of rotatable bonds is 8. The zero-order chi connectivity index (χ0) is 18.2. The fourth-order valence-corrected chi connectivity index (χ4v) is 2.41. The first kappa shape index (κ1) is 18.7. The van der Waals surface area contributed by atoms with Crippen molar-refractivity contribution in [3.05, 3.63) is 40.7 Å². The predicted molar refractivity (Wildman–Crippen MR) is 86.7 cm³/mol. The van der Waals surface area contributed by atoms with Crippen molar-refractivity contribution in [1.29, 1.82) is 0 Å². The van der Waals surface area contributed by atoms with Gasteiger partial charge in [0.25, 0.3) is 0 Å². The summed E-state index contributed by atoms with van der Waals surface area (Å²) in [6, 6.07) is 3.19. The zero-order valence-corrected chi connectivity index (χ0v) is 13.9. The van der Waals surface area contributed by atoms with Crippen LogP contribution in [0.4, 0.5) is 18.3 Å². The second kappa shape index (κ2) is 9.02. The molecule has 134 valence electrons. The molecule has 0 aliphatic rings. The Bertz CT molecular complexity index is 753. The van der Waals surface area contributed by atoms with Gasteiger partial charge in [0.2, 0.25) is 5.13 Å². The second-order valence-electron chi connectivity index (χ2n) is 4.56. The highest BCUT2D eigenvalue weighted by atomic mass is 32.1. The number of ether oxygens (including phenoxy) is 2. The molecule has 0 aliphatic heterocycles. The Hall–Kier alpha value is -2.62. The Morgan fingerprint density at radius 1 is 1.48 bits per heavy atom. The van der Waals surface area contributed by atoms with Crippen LogP contribution >= 0.6 is 11.3 Å². The van der Waals surface area contributed by atoms with E-state index in [2.05, 4.69) is 20.2 Å². The second-order valence-corrected chi connectivity index (χ2v) is 5.42. The summed E-state index contributed by atoms with van der Waals surface area (Å²) in [4.78, 5) is 15.5. The van der Waals surface area contributed by atoms with Crippen molar-refractivity contribution < 1.29 is 27.4 Å². The monoisotopic (exact) mass is 373 g/mol. The SMILES string of the molecule is CCOC(=O)Cc1csc(NN=Cc2cc(OC(F)F)ccc2F)n1. The van der Waals surface area contributed by atoms with Crippen LogP contribution in [0.3, 0.4) is 0 Å². The number of hydrogen-bond donors (Lipinski definition) is 1. The maximum Gasteiger partial charge on any atom is 0.387 e. The van der Waals surface area contributed by atoms with E-state index < -0.39 is 12.4 Å².